The molecule has 8 heteroatoms. The van der Waals surface area contributed by atoms with Crippen molar-refractivity contribution < 1.29 is 22.8 Å². The molecule has 6 nitrogen and oxygen atoms in total. The van der Waals surface area contributed by atoms with E-state index in [1.54, 1.807) is 0 Å². The minimum absolute atomic E-state index is 0.0500. The van der Waals surface area contributed by atoms with Crippen LogP contribution in [0.3, 0.4) is 0 Å². The zero-order valence-corrected chi connectivity index (χ0v) is 17.3. The van der Waals surface area contributed by atoms with Crippen molar-refractivity contribution in [1.29, 1.82) is 0 Å². The van der Waals surface area contributed by atoms with Crippen LogP contribution in [0, 0.1) is 17.6 Å². The van der Waals surface area contributed by atoms with Crippen LogP contribution in [0.25, 0.3) is 11.3 Å². The fraction of sp³-hybridized carbons (Fsp3) is 0.500. The van der Waals surface area contributed by atoms with Gasteiger partial charge in [-0.2, -0.15) is 0 Å². The van der Waals surface area contributed by atoms with Crippen LogP contribution in [-0.2, 0) is 16.0 Å². The van der Waals surface area contributed by atoms with Crippen molar-refractivity contribution in [2.45, 2.75) is 52.0 Å². The Kier molecular flexibility index (Phi) is 7.18. The Bertz CT molecular complexity index is 890. The Hall–Kier alpha value is -2.77. The Balaban J connectivity index is 1.44. The number of amides is 2. The summed E-state index contributed by atoms with van der Waals surface area (Å²) >= 11 is 0. The molecule has 0 unspecified atom stereocenters. The second-order valence-electron chi connectivity index (χ2n) is 8.06. The first-order chi connectivity index (χ1) is 14.3. The van der Waals surface area contributed by atoms with Gasteiger partial charge in [0.25, 0.3) is 0 Å². The largest absolute Gasteiger partial charge is 0.441 e. The summed E-state index contributed by atoms with van der Waals surface area (Å²) in [6.07, 6.45) is 3.87. The Labute approximate surface area is 174 Å². The number of hydrogen-bond acceptors (Lipinski definition) is 4. The molecule has 3 rings (SSSR count). The van der Waals surface area contributed by atoms with E-state index in [1.807, 2.05) is 18.7 Å². The highest BCUT2D eigenvalue weighted by Crippen LogP contribution is 2.24. The van der Waals surface area contributed by atoms with E-state index in [1.165, 1.54) is 12.3 Å². The average Bonchev–Trinajstić information content (AvgIpc) is 3.15. The van der Waals surface area contributed by atoms with Gasteiger partial charge in [0.1, 0.15) is 11.6 Å². The normalized spacial score (nSPS) is 14.9. The van der Waals surface area contributed by atoms with Crippen LogP contribution in [0.4, 0.5) is 8.78 Å². The van der Waals surface area contributed by atoms with Gasteiger partial charge in [-0.1, -0.05) is 13.8 Å². The molecule has 2 heterocycles. The van der Waals surface area contributed by atoms with E-state index in [0.29, 0.717) is 31.3 Å². The molecule has 0 bridgehead atoms. The number of likely N-dealkylation sites (tertiary alicyclic amines) is 1. The lowest BCUT2D eigenvalue weighted by Gasteiger charge is -2.32. The number of nitrogens with one attached hydrogen (secondary N) is 1. The topological polar surface area (TPSA) is 75.4 Å². The van der Waals surface area contributed by atoms with Crippen molar-refractivity contribution in [2.75, 3.05) is 13.1 Å². The highest BCUT2D eigenvalue weighted by Gasteiger charge is 2.24. The predicted molar refractivity (Wildman–Crippen MR) is 107 cm³/mol. The highest BCUT2D eigenvalue weighted by molar-refractivity contribution is 5.77. The van der Waals surface area contributed by atoms with E-state index in [-0.39, 0.29) is 42.0 Å². The first-order valence-electron chi connectivity index (χ1n) is 10.3. The van der Waals surface area contributed by atoms with Crippen molar-refractivity contribution in [1.82, 2.24) is 15.2 Å². The van der Waals surface area contributed by atoms with Crippen molar-refractivity contribution >= 4 is 11.8 Å². The van der Waals surface area contributed by atoms with E-state index in [2.05, 4.69) is 10.3 Å². The zero-order chi connectivity index (χ0) is 21.7. The molecule has 1 aliphatic rings. The lowest BCUT2D eigenvalue weighted by molar-refractivity contribution is -0.133. The van der Waals surface area contributed by atoms with Crippen LogP contribution >= 0.6 is 0 Å². The molecule has 30 heavy (non-hydrogen) atoms. The van der Waals surface area contributed by atoms with E-state index in [4.69, 9.17) is 4.42 Å². The minimum Gasteiger partial charge on any atom is -0.441 e. The molecule has 0 atom stereocenters. The third kappa shape index (κ3) is 5.87. The maximum atomic E-state index is 13.8. The summed E-state index contributed by atoms with van der Waals surface area (Å²) in [6, 6.07) is 3.27. The summed E-state index contributed by atoms with van der Waals surface area (Å²) in [5.41, 5.74) is 0.123. The van der Waals surface area contributed by atoms with Crippen molar-refractivity contribution in [3.63, 3.8) is 0 Å². The molecule has 2 amide bonds. The van der Waals surface area contributed by atoms with Gasteiger partial charge >= 0.3 is 0 Å². The van der Waals surface area contributed by atoms with Crippen LogP contribution < -0.4 is 5.32 Å². The maximum Gasteiger partial charge on any atom is 0.222 e. The second kappa shape index (κ2) is 9.82. The molecule has 2 aromatic rings. The molecule has 1 aliphatic heterocycles. The van der Waals surface area contributed by atoms with Crippen LogP contribution in [0.15, 0.2) is 28.8 Å². The predicted octanol–water partition coefficient (Wildman–Crippen LogP) is 3.71. The Morgan fingerprint density at radius 2 is 2.00 bits per heavy atom. The number of hydrogen-bond donors (Lipinski definition) is 1. The molecule has 1 saturated heterocycles. The van der Waals surface area contributed by atoms with Crippen LogP contribution in [0.5, 0.6) is 0 Å². The molecule has 1 aromatic heterocycles. The van der Waals surface area contributed by atoms with Gasteiger partial charge in [0, 0.05) is 44.5 Å². The number of benzene rings is 1. The SMILES string of the molecule is CC(C)CC(=O)N1CCC(NC(=O)CCc2ncc(-c3ccc(F)cc3F)o2)CC1. The molecule has 0 aliphatic carbocycles. The lowest BCUT2D eigenvalue weighted by atomic mass is 10.0. The number of oxazole rings is 1. The van der Waals surface area contributed by atoms with Crippen molar-refractivity contribution in [3.8, 4) is 11.3 Å². The number of halogens is 2. The molecule has 162 valence electrons. The Morgan fingerprint density at radius 3 is 2.67 bits per heavy atom. The summed E-state index contributed by atoms with van der Waals surface area (Å²) in [6.45, 7) is 5.36. The molecule has 1 aromatic carbocycles. The monoisotopic (exact) mass is 419 g/mol. The number of aromatic nitrogens is 1. The quantitative estimate of drug-likeness (QED) is 0.743. The van der Waals surface area contributed by atoms with Gasteiger partial charge in [0.15, 0.2) is 11.7 Å². The van der Waals surface area contributed by atoms with Gasteiger partial charge < -0.3 is 14.6 Å². The van der Waals surface area contributed by atoms with E-state index in [0.717, 1.165) is 25.0 Å². The minimum atomic E-state index is -0.728. The number of rotatable bonds is 7. The summed E-state index contributed by atoms with van der Waals surface area (Å²) in [7, 11) is 0. The van der Waals surface area contributed by atoms with E-state index >= 15 is 0 Å². The first kappa shape index (κ1) is 21.9. The van der Waals surface area contributed by atoms with E-state index in [9.17, 15) is 18.4 Å². The maximum absolute atomic E-state index is 13.8. The van der Waals surface area contributed by atoms with Crippen molar-refractivity contribution in [3.05, 3.63) is 41.9 Å². The van der Waals surface area contributed by atoms with Gasteiger partial charge in [0.05, 0.1) is 11.8 Å². The first-order valence-corrected chi connectivity index (χ1v) is 10.3. The fourth-order valence-corrected chi connectivity index (χ4v) is 3.51. The molecular weight excluding hydrogens is 392 g/mol. The third-order valence-corrected chi connectivity index (χ3v) is 5.11. The van der Waals surface area contributed by atoms with Crippen molar-refractivity contribution in [2.24, 2.45) is 5.92 Å². The third-order valence-electron chi connectivity index (χ3n) is 5.11. The number of carbonyl (C=O) groups excluding carboxylic acids is 2. The Morgan fingerprint density at radius 1 is 1.27 bits per heavy atom. The number of nitrogens with zero attached hydrogens (tertiary/aromatic N) is 2. The number of piperidine rings is 1. The number of carbonyl (C=O) groups is 2. The molecule has 0 radical (unpaired) electrons. The highest BCUT2D eigenvalue weighted by atomic mass is 19.1. The molecule has 1 N–H and O–H groups in total. The van der Waals surface area contributed by atoms with Gasteiger partial charge in [-0.05, 0) is 30.9 Å². The van der Waals surface area contributed by atoms with Gasteiger partial charge in [0.2, 0.25) is 11.8 Å². The lowest BCUT2D eigenvalue weighted by Crippen LogP contribution is -2.46. The van der Waals surface area contributed by atoms with Gasteiger partial charge in [-0.25, -0.2) is 13.8 Å². The molecule has 0 saturated carbocycles. The standard InChI is InChI=1S/C22H27F2N3O3/c1-14(2)11-22(29)27-9-7-16(8-10-27)26-20(28)5-6-21-25-13-19(30-21)17-4-3-15(23)12-18(17)24/h3-4,12-14,16H,5-11H2,1-2H3,(H,26,28). The summed E-state index contributed by atoms with van der Waals surface area (Å²) in [5, 5.41) is 3.00. The summed E-state index contributed by atoms with van der Waals surface area (Å²) in [5.74, 6) is -0.484. The van der Waals surface area contributed by atoms with Crippen LogP contribution in [-0.4, -0.2) is 40.8 Å². The second-order valence-corrected chi connectivity index (χ2v) is 8.06. The zero-order valence-electron chi connectivity index (χ0n) is 17.3. The fourth-order valence-electron chi connectivity index (χ4n) is 3.51. The van der Waals surface area contributed by atoms with Crippen LogP contribution in [0.1, 0.15) is 45.4 Å². The molecule has 1 fully saturated rings. The van der Waals surface area contributed by atoms with E-state index < -0.39 is 11.6 Å². The molecule has 0 spiro atoms. The molecular formula is C22H27F2N3O3. The van der Waals surface area contributed by atoms with Gasteiger partial charge in [-0.3, -0.25) is 9.59 Å². The number of aryl methyl sites for hydroxylation is 1. The smallest absolute Gasteiger partial charge is 0.222 e. The average molecular weight is 419 g/mol. The van der Waals surface area contributed by atoms with Gasteiger partial charge in [-0.15, -0.1) is 0 Å². The van der Waals surface area contributed by atoms with Crippen LogP contribution in [0.2, 0.25) is 0 Å². The summed E-state index contributed by atoms with van der Waals surface area (Å²) < 4.78 is 32.4. The summed E-state index contributed by atoms with van der Waals surface area (Å²) in [4.78, 5) is 30.3.